The summed E-state index contributed by atoms with van der Waals surface area (Å²) in [5, 5.41) is 9.99. The average Bonchev–Trinajstić information content (AvgIpc) is 3.33. The Morgan fingerprint density at radius 2 is 1.77 bits per heavy atom. The van der Waals surface area contributed by atoms with Crippen LogP contribution >= 0.6 is 0 Å². The van der Waals surface area contributed by atoms with Crippen molar-refractivity contribution in [3.63, 3.8) is 0 Å². The number of para-hydroxylation sites is 1. The van der Waals surface area contributed by atoms with Crippen LogP contribution in [-0.4, -0.2) is 16.7 Å². The second-order valence-corrected chi connectivity index (χ2v) is 5.43. The molecule has 1 aliphatic carbocycles. The molecule has 0 spiro atoms. The first-order chi connectivity index (χ1) is 10.6. The van der Waals surface area contributed by atoms with Gasteiger partial charge in [0.05, 0.1) is 12.0 Å². The highest BCUT2D eigenvalue weighted by Gasteiger charge is 2.31. The van der Waals surface area contributed by atoms with Crippen LogP contribution in [0.5, 0.6) is 17.2 Å². The van der Waals surface area contributed by atoms with Gasteiger partial charge in [0.1, 0.15) is 23.0 Å². The van der Waals surface area contributed by atoms with Crippen LogP contribution in [0.15, 0.2) is 48.5 Å². The topological polar surface area (TPSA) is 63.6 Å². The molecule has 1 N–H and O–H groups in total. The van der Waals surface area contributed by atoms with Crippen molar-refractivity contribution in [2.24, 2.45) is 5.92 Å². The van der Waals surface area contributed by atoms with Crippen LogP contribution in [0.25, 0.3) is 0 Å². The van der Waals surface area contributed by atoms with Crippen LogP contribution in [0.1, 0.15) is 29.6 Å². The number of ketones is 2. The monoisotopic (exact) mass is 296 g/mol. The molecule has 1 fully saturated rings. The molecule has 0 atom stereocenters. The van der Waals surface area contributed by atoms with E-state index in [4.69, 9.17) is 4.74 Å². The number of Topliss-reactive ketones (excluding diaryl/α,β-unsaturated/α-hetero) is 2. The Labute approximate surface area is 128 Å². The van der Waals surface area contributed by atoms with E-state index in [2.05, 4.69) is 0 Å². The number of phenolic OH excluding ortho intramolecular Hbond substituents is 1. The minimum Gasteiger partial charge on any atom is -0.507 e. The molecular formula is C18H16O4. The molecule has 3 rings (SSSR count). The van der Waals surface area contributed by atoms with Crippen molar-refractivity contribution in [2.45, 2.75) is 19.3 Å². The van der Waals surface area contributed by atoms with Crippen molar-refractivity contribution in [3.8, 4) is 17.2 Å². The Bertz CT molecular complexity index is 702. The Morgan fingerprint density at radius 3 is 2.41 bits per heavy atom. The molecule has 0 aliphatic heterocycles. The van der Waals surface area contributed by atoms with Gasteiger partial charge in [0.2, 0.25) is 0 Å². The van der Waals surface area contributed by atoms with Crippen LogP contribution in [0.2, 0.25) is 0 Å². The third-order valence-electron chi connectivity index (χ3n) is 3.62. The number of phenols is 1. The number of carbonyl (C=O) groups excluding carboxylic acids is 2. The zero-order valence-electron chi connectivity index (χ0n) is 12.0. The average molecular weight is 296 g/mol. The Hall–Kier alpha value is -2.62. The lowest BCUT2D eigenvalue weighted by molar-refractivity contribution is -0.119. The van der Waals surface area contributed by atoms with E-state index >= 15 is 0 Å². The molecule has 1 saturated carbocycles. The van der Waals surface area contributed by atoms with Crippen molar-refractivity contribution in [2.75, 3.05) is 0 Å². The third-order valence-corrected chi connectivity index (χ3v) is 3.62. The molecule has 0 amide bonds. The van der Waals surface area contributed by atoms with Crippen LogP contribution < -0.4 is 4.74 Å². The van der Waals surface area contributed by atoms with Gasteiger partial charge in [-0.2, -0.15) is 0 Å². The molecule has 0 radical (unpaired) electrons. The van der Waals surface area contributed by atoms with Gasteiger partial charge in [0.25, 0.3) is 0 Å². The number of rotatable bonds is 6. The Kier molecular flexibility index (Phi) is 3.92. The summed E-state index contributed by atoms with van der Waals surface area (Å²) in [5.74, 6) is 0.585. The largest absolute Gasteiger partial charge is 0.507 e. The van der Waals surface area contributed by atoms with Crippen LogP contribution in [0.3, 0.4) is 0 Å². The summed E-state index contributed by atoms with van der Waals surface area (Å²) in [7, 11) is 0. The first kappa shape index (κ1) is 14.3. The van der Waals surface area contributed by atoms with Gasteiger partial charge in [0, 0.05) is 12.0 Å². The number of aromatic hydroxyl groups is 1. The first-order valence-corrected chi connectivity index (χ1v) is 7.25. The molecule has 4 nitrogen and oxygen atoms in total. The molecular weight excluding hydrogens is 280 g/mol. The maximum atomic E-state index is 12.1. The van der Waals surface area contributed by atoms with Gasteiger partial charge in [-0.3, -0.25) is 9.59 Å². The van der Waals surface area contributed by atoms with Gasteiger partial charge in [0.15, 0.2) is 5.78 Å². The number of carbonyl (C=O) groups is 2. The van der Waals surface area contributed by atoms with E-state index in [0.717, 1.165) is 12.8 Å². The fourth-order valence-corrected chi connectivity index (χ4v) is 2.24. The van der Waals surface area contributed by atoms with E-state index in [1.807, 2.05) is 18.2 Å². The third kappa shape index (κ3) is 3.34. The van der Waals surface area contributed by atoms with Gasteiger partial charge in [-0.1, -0.05) is 18.2 Å². The molecule has 0 unspecified atom stereocenters. The van der Waals surface area contributed by atoms with E-state index in [9.17, 15) is 14.7 Å². The summed E-state index contributed by atoms with van der Waals surface area (Å²) in [4.78, 5) is 23.7. The lowest BCUT2D eigenvalue weighted by atomic mass is 10.0. The zero-order valence-corrected chi connectivity index (χ0v) is 12.0. The molecule has 4 heteroatoms. The summed E-state index contributed by atoms with van der Waals surface area (Å²) in [6, 6.07) is 13.7. The summed E-state index contributed by atoms with van der Waals surface area (Å²) < 4.78 is 5.58. The van der Waals surface area contributed by atoms with Crippen molar-refractivity contribution in [1.82, 2.24) is 0 Å². The zero-order chi connectivity index (χ0) is 15.5. The Morgan fingerprint density at radius 1 is 1.05 bits per heavy atom. The minimum atomic E-state index is -0.347. The summed E-state index contributed by atoms with van der Waals surface area (Å²) in [5.41, 5.74) is 0.161. The molecule has 0 aromatic heterocycles. The first-order valence-electron chi connectivity index (χ1n) is 7.25. The minimum absolute atomic E-state index is 0.0333. The predicted octanol–water partition coefficient (Wildman–Crippen LogP) is 3.74. The summed E-state index contributed by atoms with van der Waals surface area (Å²) in [6.45, 7) is 0. The fraction of sp³-hybridized carbons (Fsp3) is 0.222. The Balaban J connectivity index is 1.71. The number of hydrogen-bond donors (Lipinski definition) is 1. The molecule has 22 heavy (non-hydrogen) atoms. The number of hydrogen-bond acceptors (Lipinski definition) is 4. The van der Waals surface area contributed by atoms with Crippen LogP contribution in [0.4, 0.5) is 0 Å². The quantitative estimate of drug-likeness (QED) is 0.651. The van der Waals surface area contributed by atoms with E-state index in [1.54, 1.807) is 18.2 Å². The molecule has 2 aromatic carbocycles. The van der Waals surface area contributed by atoms with Crippen molar-refractivity contribution >= 4 is 11.6 Å². The van der Waals surface area contributed by atoms with Gasteiger partial charge in [-0.05, 0) is 37.1 Å². The smallest absolute Gasteiger partial charge is 0.173 e. The van der Waals surface area contributed by atoms with Crippen LogP contribution in [-0.2, 0) is 4.79 Å². The molecule has 1 aliphatic rings. The van der Waals surface area contributed by atoms with Gasteiger partial charge >= 0.3 is 0 Å². The predicted molar refractivity (Wildman–Crippen MR) is 81.3 cm³/mol. The highest BCUT2D eigenvalue weighted by Crippen LogP contribution is 2.32. The summed E-state index contributed by atoms with van der Waals surface area (Å²) >= 11 is 0. The molecule has 0 saturated heterocycles. The lowest BCUT2D eigenvalue weighted by Crippen LogP contribution is -2.09. The van der Waals surface area contributed by atoms with Crippen LogP contribution in [0, 0.1) is 5.92 Å². The molecule has 2 aromatic rings. The number of ether oxygens (including phenoxy) is 1. The van der Waals surface area contributed by atoms with E-state index in [1.165, 1.54) is 12.1 Å². The molecule has 0 heterocycles. The van der Waals surface area contributed by atoms with Crippen molar-refractivity contribution < 1.29 is 19.4 Å². The van der Waals surface area contributed by atoms with Crippen molar-refractivity contribution in [1.29, 1.82) is 0 Å². The molecule has 112 valence electrons. The highest BCUT2D eigenvalue weighted by atomic mass is 16.5. The second kappa shape index (κ2) is 6.02. The highest BCUT2D eigenvalue weighted by molar-refractivity contribution is 6.10. The van der Waals surface area contributed by atoms with E-state index in [-0.39, 0.29) is 35.2 Å². The van der Waals surface area contributed by atoms with Gasteiger partial charge in [-0.25, -0.2) is 0 Å². The molecule has 0 bridgehead atoms. The maximum absolute atomic E-state index is 12.1. The van der Waals surface area contributed by atoms with Gasteiger partial charge < -0.3 is 9.84 Å². The standard InChI is InChI=1S/C18H16O4/c19-16(12-6-7-12)11-18(21)15-9-8-14(10-17(15)20)22-13-4-2-1-3-5-13/h1-5,8-10,12,20H,6-7,11H2. The normalized spacial score (nSPS) is 13.6. The van der Waals surface area contributed by atoms with Crippen molar-refractivity contribution in [3.05, 3.63) is 54.1 Å². The fourth-order valence-electron chi connectivity index (χ4n) is 2.24. The second-order valence-electron chi connectivity index (χ2n) is 5.43. The maximum Gasteiger partial charge on any atom is 0.173 e. The van der Waals surface area contributed by atoms with E-state index in [0.29, 0.717) is 11.5 Å². The van der Waals surface area contributed by atoms with E-state index < -0.39 is 0 Å². The lowest BCUT2D eigenvalue weighted by Gasteiger charge is -2.08. The van der Waals surface area contributed by atoms with Gasteiger partial charge in [-0.15, -0.1) is 0 Å². The number of benzene rings is 2. The summed E-state index contributed by atoms with van der Waals surface area (Å²) in [6.07, 6.45) is 1.61. The SMILES string of the molecule is O=C(CC(=O)C1CC1)c1ccc(Oc2ccccc2)cc1O.